The molecule has 9 heteroatoms. The van der Waals surface area contributed by atoms with Crippen LogP contribution in [0.1, 0.15) is 18.7 Å². The number of benzene rings is 1. The van der Waals surface area contributed by atoms with Crippen molar-refractivity contribution in [3.05, 3.63) is 59.4 Å². The van der Waals surface area contributed by atoms with Crippen molar-refractivity contribution in [3.63, 3.8) is 0 Å². The Labute approximate surface area is 170 Å². The van der Waals surface area contributed by atoms with Crippen LogP contribution in [0.2, 0.25) is 5.02 Å². The van der Waals surface area contributed by atoms with Crippen molar-refractivity contribution in [2.24, 2.45) is 0 Å². The number of amides is 1. The summed E-state index contributed by atoms with van der Waals surface area (Å²) in [5.74, 6) is -0.0497. The van der Waals surface area contributed by atoms with Crippen LogP contribution in [0, 0.1) is 0 Å². The first-order valence-corrected chi connectivity index (χ1v) is 10.9. The smallest absolute Gasteiger partial charge is 0.243 e. The topological polar surface area (TPSA) is 82.6 Å². The number of carbonyl (C=O) groups is 1. The summed E-state index contributed by atoms with van der Waals surface area (Å²) in [5.41, 5.74) is 0.870. The van der Waals surface area contributed by atoms with Crippen molar-refractivity contribution in [2.75, 3.05) is 32.7 Å². The fourth-order valence-corrected chi connectivity index (χ4v) is 4.57. The third-order valence-corrected chi connectivity index (χ3v) is 6.90. The second-order valence-corrected chi connectivity index (χ2v) is 8.97. The highest BCUT2D eigenvalue weighted by molar-refractivity contribution is 7.89. The third kappa shape index (κ3) is 4.88. The molecule has 2 heterocycles. The Morgan fingerprint density at radius 2 is 1.82 bits per heavy atom. The van der Waals surface area contributed by atoms with Gasteiger partial charge in [-0.25, -0.2) is 8.42 Å². The van der Waals surface area contributed by atoms with Crippen LogP contribution in [-0.4, -0.2) is 61.2 Å². The van der Waals surface area contributed by atoms with Crippen molar-refractivity contribution in [2.45, 2.75) is 17.9 Å². The highest BCUT2D eigenvalue weighted by Gasteiger charge is 2.30. The number of hydrogen-bond donors (Lipinski definition) is 1. The lowest BCUT2D eigenvalue weighted by Gasteiger charge is -2.34. The highest BCUT2D eigenvalue weighted by Crippen LogP contribution is 2.20. The summed E-state index contributed by atoms with van der Waals surface area (Å²) < 4.78 is 26.8. The van der Waals surface area contributed by atoms with E-state index in [0.717, 1.165) is 5.69 Å². The summed E-state index contributed by atoms with van der Waals surface area (Å²) in [7, 11) is -3.58. The maximum absolute atomic E-state index is 12.7. The molecular weight excluding hydrogens is 400 g/mol. The summed E-state index contributed by atoms with van der Waals surface area (Å²) in [6.07, 6.45) is 1.72. The van der Waals surface area contributed by atoms with Crippen LogP contribution in [0.25, 0.3) is 0 Å². The first-order valence-electron chi connectivity index (χ1n) is 9.06. The van der Waals surface area contributed by atoms with Crippen molar-refractivity contribution in [1.82, 2.24) is 19.5 Å². The first kappa shape index (κ1) is 20.7. The lowest BCUT2D eigenvalue weighted by Crippen LogP contribution is -2.52. The number of hydrogen-bond acceptors (Lipinski definition) is 5. The van der Waals surface area contributed by atoms with Gasteiger partial charge in [0.2, 0.25) is 15.9 Å². The van der Waals surface area contributed by atoms with E-state index in [4.69, 9.17) is 11.6 Å². The Bertz CT molecular complexity index is 899. The number of nitrogens with zero attached hydrogens (tertiary/aromatic N) is 3. The lowest BCUT2D eigenvalue weighted by atomic mass is 10.2. The Balaban J connectivity index is 1.52. The van der Waals surface area contributed by atoms with E-state index >= 15 is 0 Å². The highest BCUT2D eigenvalue weighted by atomic mass is 35.5. The molecule has 0 aliphatic carbocycles. The van der Waals surface area contributed by atoms with E-state index in [9.17, 15) is 13.2 Å². The van der Waals surface area contributed by atoms with E-state index in [0.29, 0.717) is 18.1 Å². The van der Waals surface area contributed by atoms with Gasteiger partial charge in [0.05, 0.1) is 17.1 Å². The molecule has 0 bridgehead atoms. The van der Waals surface area contributed by atoms with E-state index in [-0.39, 0.29) is 36.5 Å². The number of nitrogens with one attached hydrogen (secondary N) is 1. The van der Waals surface area contributed by atoms with Crippen LogP contribution in [-0.2, 0) is 14.8 Å². The Morgan fingerprint density at radius 3 is 2.43 bits per heavy atom. The van der Waals surface area contributed by atoms with Gasteiger partial charge in [-0.15, -0.1) is 0 Å². The minimum atomic E-state index is -3.58. The number of sulfonamides is 1. The van der Waals surface area contributed by atoms with Gasteiger partial charge >= 0.3 is 0 Å². The normalized spacial score (nSPS) is 16.7. The van der Waals surface area contributed by atoms with Gasteiger partial charge in [-0.1, -0.05) is 17.7 Å². The van der Waals surface area contributed by atoms with E-state index in [1.165, 1.54) is 16.4 Å². The number of pyridine rings is 1. The molecule has 1 N–H and O–H groups in total. The Morgan fingerprint density at radius 1 is 1.14 bits per heavy atom. The molecule has 1 amide bonds. The lowest BCUT2D eigenvalue weighted by molar-refractivity contribution is -0.131. The molecule has 7 nitrogen and oxygen atoms in total. The van der Waals surface area contributed by atoms with Crippen LogP contribution in [0.3, 0.4) is 0 Å². The molecule has 1 unspecified atom stereocenters. The molecule has 0 spiro atoms. The number of aromatic nitrogens is 1. The molecule has 0 saturated carbocycles. The molecule has 150 valence electrons. The number of piperazine rings is 1. The molecule has 1 atom stereocenters. The zero-order valence-corrected chi connectivity index (χ0v) is 17.2. The van der Waals surface area contributed by atoms with Gasteiger partial charge in [0.25, 0.3) is 0 Å². The predicted molar refractivity (Wildman–Crippen MR) is 107 cm³/mol. The molecule has 1 aliphatic rings. The van der Waals surface area contributed by atoms with E-state index in [2.05, 4.69) is 10.3 Å². The second kappa shape index (κ2) is 9.00. The standard InChI is InChI=1S/C19H23ClN4O3S/c1-15(18-4-2-3-9-21-18)22-14-19(25)23-10-12-24(13-11-23)28(26,27)17-7-5-16(20)6-8-17/h2-9,15,22H,10-14H2,1H3. The quantitative estimate of drug-likeness (QED) is 0.769. The van der Waals surface area contributed by atoms with E-state index in [1.54, 1.807) is 23.2 Å². The minimum absolute atomic E-state index is 0.0447. The summed E-state index contributed by atoms with van der Waals surface area (Å²) in [5, 5.41) is 3.66. The summed E-state index contributed by atoms with van der Waals surface area (Å²) in [4.78, 5) is 18.6. The molecule has 1 fully saturated rings. The predicted octanol–water partition coefficient (Wildman–Crippen LogP) is 1.92. The summed E-state index contributed by atoms with van der Waals surface area (Å²) in [6.45, 7) is 3.41. The zero-order chi connectivity index (χ0) is 20.1. The van der Waals surface area contributed by atoms with E-state index < -0.39 is 10.0 Å². The van der Waals surface area contributed by atoms with Gasteiger partial charge in [0.15, 0.2) is 0 Å². The van der Waals surface area contributed by atoms with Crippen molar-refractivity contribution in [1.29, 1.82) is 0 Å². The number of rotatable bonds is 6. The second-order valence-electron chi connectivity index (χ2n) is 6.60. The average molecular weight is 423 g/mol. The molecule has 1 aromatic carbocycles. The largest absolute Gasteiger partial charge is 0.339 e. The Kier molecular flexibility index (Phi) is 6.66. The monoisotopic (exact) mass is 422 g/mol. The van der Waals surface area contributed by atoms with Crippen molar-refractivity contribution >= 4 is 27.5 Å². The molecule has 1 saturated heterocycles. The molecular formula is C19H23ClN4O3S. The third-order valence-electron chi connectivity index (χ3n) is 4.73. The van der Waals surface area contributed by atoms with Crippen molar-refractivity contribution in [3.8, 4) is 0 Å². The zero-order valence-electron chi connectivity index (χ0n) is 15.6. The van der Waals surface area contributed by atoms with Crippen LogP contribution >= 0.6 is 11.6 Å². The van der Waals surface area contributed by atoms with Gasteiger partial charge in [-0.05, 0) is 43.3 Å². The summed E-state index contributed by atoms with van der Waals surface area (Å²) >= 11 is 5.83. The average Bonchev–Trinajstić information content (AvgIpc) is 2.73. The summed E-state index contributed by atoms with van der Waals surface area (Å²) in [6, 6.07) is 11.7. The van der Waals surface area contributed by atoms with Gasteiger partial charge in [0, 0.05) is 43.4 Å². The Hall–Kier alpha value is -2.00. The fourth-order valence-electron chi connectivity index (χ4n) is 3.02. The minimum Gasteiger partial charge on any atom is -0.339 e. The van der Waals surface area contributed by atoms with E-state index in [1.807, 2.05) is 25.1 Å². The molecule has 1 aliphatic heterocycles. The maximum atomic E-state index is 12.7. The van der Waals surface area contributed by atoms with Crippen LogP contribution < -0.4 is 5.32 Å². The van der Waals surface area contributed by atoms with Gasteiger partial charge < -0.3 is 10.2 Å². The van der Waals surface area contributed by atoms with Crippen LogP contribution in [0.15, 0.2) is 53.6 Å². The van der Waals surface area contributed by atoms with Crippen LogP contribution in [0.5, 0.6) is 0 Å². The fraction of sp³-hybridized carbons (Fsp3) is 0.368. The van der Waals surface area contributed by atoms with Gasteiger partial charge in [-0.2, -0.15) is 4.31 Å². The molecule has 1 aromatic heterocycles. The van der Waals surface area contributed by atoms with Gasteiger partial charge in [0.1, 0.15) is 0 Å². The van der Waals surface area contributed by atoms with Crippen LogP contribution in [0.4, 0.5) is 0 Å². The first-order chi connectivity index (χ1) is 13.4. The SMILES string of the molecule is CC(NCC(=O)N1CCN(S(=O)(=O)c2ccc(Cl)cc2)CC1)c1ccccn1. The molecule has 2 aromatic rings. The van der Waals surface area contributed by atoms with Crippen molar-refractivity contribution < 1.29 is 13.2 Å². The molecule has 3 rings (SSSR count). The van der Waals surface area contributed by atoms with Gasteiger partial charge in [-0.3, -0.25) is 9.78 Å². The molecule has 0 radical (unpaired) electrons. The molecule has 28 heavy (non-hydrogen) atoms. The number of halogens is 1. The maximum Gasteiger partial charge on any atom is 0.243 e. The number of carbonyl (C=O) groups excluding carboxylic acids is 1.